The zero-order valence-corrected chi connectivity index (χ0v) is 18.7. The highest BCUT2D eigenvalue weighted by Gasteiger charge is 2.35. The Labute approximate surface area is 185 Å². The number of hydrogen-bond donors (Lipinski definition) is 1. The second-order valence-corrected chi connectivity index (χ2v) is 9.42. The quantitative estimate of drug-likeness (QED) is 0.454. The van der Waals surface area contributed by atoms with E-state index in [4.69, 9.17) is 9.72 Å². The standard InChI is InChI=1S/C24H28F3N3O2/c1-15-11-17(14-23(2,3)13-15)30-21-10-9-19(31-4)12-20(21)29-22(30)28-16-5-7-18(8-6-16)32-24(25,26)27/h5-10,12,15,17H,11,13-14H2,1-4H3,(H,28,29)/t15-,17+/m0/s1. The first-order valence-electron chi connectivity index (χ1n) is 10.7. The monoisotopic (exact) mass is 447 g/mol. The lowest BCUT2D eigenvalue weighted by atomic mass is 9.70. The van der Waals surface area contributed by atoms with Crippen LogP contribution in [0.15, 0.2) is 42.5 Å². The van der Waals surface area contributed by atoms with E-state index in [9.17, 15) is 13.2 Å². The number of imidazole rings is 1. The van der Waals surface area contributed by atoms with Crippen LogP contribution in [-0.4, -0.2) is 23.0 Å². The van der Waals surface area contributed by atoms with Crippen molar-refractivity contribution in [2.75, 3.05) is 12.4 Å². The van der Waals surface area contributed by atoms with Crippen LogP contribution in [0.2, 0.25) is 0 Å². The number of benzene rings is 2. The summed E-state index contributed by atoms with van der Waals surface area (Å²) in [6.07, 6.45) is -1.49. The van der Waals surface area contributed by atoms with Gasteiger partial charge in [-0.3, -0.25) is 0 Å². The first kappa shape index (κ1) is 22.3. The molecule has 1 aromatic heterocycles. The number of fused-ring (bicyclic) bond motifs is 1. The van der Waals surface area contributed by atoms with Crippen LogP contribution >= 0.6 is 0 Å². The maximum Gasteiger partial charge on any atom is 0.573 e. The van der Waals surface area contributed by atoms with Gasteiger partial charge in [-0.2, -0.15) is 0 Å². The molecule has 0 spiro atoms. The summed E-state index contributed by atoms with van der Waals surface area (Å²) in [5, 5.41) is 3.30. The smallest absolute Gasteiger partial charge is 0.497 e. The lowest BCUT2D eigenvalue weighted by Crippen LogP contribution is -2.29. The summed E-state index contributed by atoms with van der Waals surface area (Å²) < 4.78 is 48.9. The minimum Gasteiger partial charge on any atom is -0.497 e. The molecule has 0 radical (unpaired) electrons. The van der Waals surface area contributed by atoms with Gasteiger partial charge in [0.1, 0.15) is 11.5 Å². The van der Waals surface area contributed by atoms with E-state index in [1.807, 2.05) is 18.2 Å². The SMILES string of the molecule is COc1ccc2c(c1)nc(Nc1ccc(OC(F)(F)F)cc1)n2[C@@H]1C[C@H](C)CC(C)(C)C1. The molecule has 1 heterocycles. The maximum atomic E-state index is 12.5. The number of hydrogen-bond acceptors (Lipinski definition) is 4. The maximum absolute atomic E-state index is 12.5. The second kappa shape index (κ2) is 8.22. The van der Waals surface area contributed by atoms with Crippen LogP contribution in [0.4, 0.5) is 24.8 Å². The molecule has 0 bridgehead atoms. The van der Waals surface area contributed by atoms with Gasteiger partial charge in [-0.1, -0.05) is 20.8 Å². The van der Waals surface area contributed by atoms with Crippen LogP contribution in [0.25, 0.3) is 11.0 Å². The molecule has 1 N–H and O–H groups in total. The molecule has 1 aliphatic carbocycles. The third-order valence-electron chi connectivity index (χ3n) is 5.97. The third kappa shape index (κ3) is 4.95. The minimum atomic E-state index is -4.72. The molecule has 3 aromatic rings. The van der Waals surface area contributed by atoms with Crippen LogP contribution in [0.1, 0.15) is 46.1 Å². The van der Waals surface area contributed by atoms with Crippen molar-refractivity contribution in [2.45, 2.75) is 52.4 Å². The van der Waals surface area contributed by atoms with E-state index in [2.05, 4.69) is 35.4 Å². The Morgan fingerprint density at radius 2 is 1.75 bits per heavy atom. The summed E-state index contributed by atoms with van der Waals surface area (Å²) in [6.45, 7) is 6.87. The molecule has 5 nitrogen and oxygen atoms in total. The molecule has 0 aliphatic heterocycles. The van der Waals surface area contributed by atoms with Gasteiger partial charge in [-0.25, -0.2) is 4.98 Å². The van der Waals surface area contributed by atoms with E-state index in [1.54, 1.807) is 19.2 Å². The van der Waals surface area contributed by atoms with Crippen LogP contribution in [0.3, 0.4) is 0 Å². The molecule has 1 aliphatic rings. The number of nitrogens with one attached hydrogen (secondary N) is 1. The zero-order chi connectivity index (χ0) is 23.1. The summed E-state index contributed by atoms with van der Waals surface area (Å²) in [5.74, 6) is 1.70. The molecule has 0 amide bonds. The number of alkyl halides is 3. The van der Waals surface area contributed by atoms with Crippen molar-refractivity contribution < 1.29 is 22.6 Å². The molecule has 32 heavy (non-hydrogen) atoms. The van der Waals surface area contributed by atoms with Gasteiger partial charge in [0, 0.05) is 17.8 Å². The summed E-state index contributed by atoms with van der Waals surface area (Å²) in [4.78, 5) is 4.81. The van der Waals surface area contributed by atoms with Gasteiger partial charge < -0.3 is 19.4 Å². The van der Waals surface area contributed by atoms with Crippen LogP contribution in [-0.2, 0) is 0 Å². The molecule has 0 unspecified atom stereocenters. The van der Waals surface area contributed by atoms with Gasteiger partial charge in [-0.05, 0) is 67.0 Å². The molecule has 2 atom stereocenters. The average Bonchev–Trinajstić information content (AvgIpc) is 3.03. The lowest BCUT2D eigenvalue weighted by Gasteiger charge is -2.40. The number of aromatic nitrogens is 2. The summed E-state index contributed by atoms with van der Waals surface area (Å²) >= 11 is 0. The fourth-order valence-corrected chi connectivity index (χ4v) is 5.02. The fraction of sp³-hybridized carbons (Fsp3) is 0.458. The second-order valence-electron chi connectivity index (χ2n) is 9.42. The Bertz CT molecular complexity index is 1090. The summed E-state index contributed by atoms with van der Waals surface area (Å²) in [6, 6.07) is 11.8. The molecule has 4 rings (SSSR count). The minimum absolute atomic E-state index is 0.208. The van der Waals surface area contributed by atoms with Crippen molar-refractivity contribution in [3.8, 4) is 11.5 Å². The van der Waals surface area contributed by atoms with E-state index >= 15 is 0 Å². The molecular weight excluding hydrogens is 419 g/mol. The predicted molar refractivity (Wildman–Crippen MR) is 119 cm³/mol. The van der Waals surface area contributed by atoms with E-state index in [1.165, 1.54) is 18.6 Å². The molecule has 1 saturated carbocycles. The van der Waals surface area contributed by atoms with Crippen molar-refractivity contribution in [1.82, 2.24) is 9.55 Å². The van der Waals surface area contributed by atoms with Crippen LogP contribution in [0.5, 0.6) is 11.5 Å². The van der Waals surface area contributed by atoms with E-state index < -0.39 is 6.36 Å². The van der Waals surface area contributed by atoms with Crippen molar-refractivity contribution in [1.29, 1.82) is 0 Å². The average molecular weight is 448 g/mol. The number of rotatable bonds is 5. The molecule has 1 fully saturated rings. The van der Waals surface area contributed by atoms with Crippen molar-refractivity contribution in [3.05, 3.63) is 42.5 Å². The number of ether oxygens (including phenoxy) is 2. The number of halogens is 3. The van der Waals surface area contributed by atoms with Gasteiger partial charge in [-0.15, -0.1) is 13.2 Å². The molecule has 0 saturated heterocycles. The molecular formula is C24H28F3N3O2. The Hall–Kier alpha value is -2.90. The van der Waals surface area contributed by atoms with E-state index in [-0.39, 0.29) is 17.2 Å². The molecule has 8 heteroatoms. The summed E-state index contributed by atoms with van der Waals surface area (Å²) in [5.41, 5.74) is 2.64. The Morgan fingerprint density at radius 3 is 2.38 bits per heavy atom. The number of anilines is 2. The van der Waals surface area contributed by atoms with Crippen molar-refractivity contribution in [3.63, 3.8) is 0 Å². The largest absolute Gasteiger partial charge is 0.573 e. The highest BCUT2D eigenvalue weighted by Crippen LogP contribution is 2.46. The topological polar surface area (TPSA) is 48.3 Å². The number of methoxy groups -OCH3 is 1. The molecule has 172 valence electrons. The van der Waals surface area contributed by atoms with Gasteiger partial charge in [0.05, 0.1) is 18.1 Å². The van der Waals surface area contributed by atoms with Gasteiger partial charge in [0.2, 0.25) is 5.95 Å². The van der Waals surface area contributed by atoms with Crippen LogP contribution in [0, 0.1) is 11.3 Å². The van der Waals surface area contributed by atoms with Crippen LogP contribution < -0.4 is 14.8 Å². The number of nitrogens with zero attached hydrogens (tertiary/aromatic N) is 2. The fourth-order valence-electron chi connectivity index (χ4n) is 5.02. The van der Waals surface area contributed by atoms with Crippen molar-refractivity contribution in [2.24, 2.45) is 11.3 Å². The van der Waals surface area contributed by atoms with E-state index in [0.29, 0.717) is 17.6 Å². The lowest BCUT2D eigenvalue weighted by molar-refractivity contribution is -0.274. The Balaban J connectivity index is 1.71. The van der Waals surface area contributed by atoms with Crippen molar-refractivity contribution >= 4 is 22.7 Å². The highest BCUT2D eigenvalue weighted by molar-refractivity contribution is 5.81. The summed E-state index contributed by atoms with van der Waals surface area (Å²) in [7, 11) is 1.62. The normalized spacial score (nSPS) is 20.8. The Kier molecular flexibility index (Phi) is 5.73. The van der Waals surface area contributed by atoms with Gasteiger partial charge in [0.15, 0.2) is 0 Å². The zero-order valence-electron chi connectivity index (χ0n) is 18.7. The van der Waals surface area contributed by atoms with E-state index in [0.717, 1.165) is 29.6 Å². The molecule has 2 aromatic carbocycles. The first-order valence-corrected chi connectivity index (χ1v) is 10.7. The first-order chi connectivity index (χ1) is 15.0. The highest BCUT2D eigenvalue weighted by atomic mass is 19.4. The Morgan fingerprint density at radius 1 is 1.06 bits per heavy atom. The van der Waals surface area contributed by atoms with Gasteiger partial charge in [0.25, 0.3) is 0 Å². The predicted octanol–water partition coefficient (Wildman–Crippen LogP) is 7.07. The van der Waals surface area contributed by atoms with Gasteiger partial charge >= 0.3 is 6.36 Å². The third-order valence-corrected chi connectivity index (χ3v) is 5.97.